The molecule has 4 N–H and O–H groups in total. The third-order valence-electron chi connectivity index (χ3n) is 5.23. The zero-order chi connectivity index (χ0) is 23.0. The molecule has 0 spiro atoms. The second kappa shape index (κ2) is 11.8. The van der Waals surface area contributed by atoms with Crippen molar-refractivity contribution in [2.75, 3.05) is 20.3 Å². The summed E-state index contributed by atoms with van der Waals surface area (Å²) < 4.78 is 16.4. The molecule has 1 aliphatic rings. The normalized spacial score (nSPS) is 29.6. The summed E-state index contributed by atoms with van der Waals surface area (Å²) in [7, 11) is 1.31. The molecule has 2 rings (SSSR count). The van der Waals surface area contributed by atoms with Crippen LogP contribution in [-0.2, 0) is 15.9 Å². The minimum atomic E-state index is -1.64. The second-order valence-corrected chi connectivity index (χ2v) is 7.63. The van der Waals surface area contributed by atoms with Crippen LogP contribution in [0.2, 0.25) is 0 Å². The van der Waals surface area contributed by atoms with Gasteiger partial charge in [-0.1, -0.05) is 42.5 Å². The predicted molar refractivity (Wildman–Crippen MR) is 118 cm³/mol. The van der Waals surface area contributed by atoms with Gasteiger partial charge in [-0.3, -0.25) is 0 Å². The van der Waals surface area contributed by atoms with Gasteiger partial charge in [-0.05, 0) is 42.7 Å². The molecule has 8 heteroatoms. The number of benzene rings is 1. The average Bonchev–Trinajstić information content (AvgIpc) is 2.78. The summed E-state index contributed by atoms with van der Waals surface area (Å²) >= 11 is 6.45. The van der Waals surface area contributed by atoms with Crippen LogP contribution < -0.4 is 4.74 Å². The van der Waals surface area contributed by atoms with E-state index in [0.717, 1.165) is 16.9 Å². The van der Waals surface area contributed by atoms with Gasteiger partial charge in [-0.25, -0.2) is 0 Å². The fraction of sp³-hybridized carbons (Fsp3) is 0.478. The van der Waals surface area contributed by atoms with Crippen molar-refractivity contribution < 1.29 is 34.6 Å². The SMILES string of the molecule is C=C/C(Cc1ccc(OCC)cc1)=C(Cl)\C=C/C[C@]1(OC)O[C@H](CO)[C@@H](O)[C@H](O)[C@H]1O. The number of allylic oxidation sites excluding steroid dienone is 4. The molecule has 0 saturated carbocycles. The fourth-order valence-corrected chi connectivity index (χ4v) is 3.64. The van der Waals surface area contributed by atoms with Crippen LogP contribution in [0.1, 0.15) is 18.9 Å². The highest BCUT2D eigenvalue weighted by Gasteiger charge is 2.53. The van der Waals surface area contributed by atoms with Gasteiger partial charge in [-0.2, -0.15) is 0 Å². The monoisotopic (exact) mass is 454 g/mol. The van der Waals surface area contributed by atoms with Crippen LogP contribution in [0.3, 0.4) is 0 Å². The van der Waals surface area contributed by atoms with Crippen molar-refractivity contribution in [2.24, 2.45) is 0 Å². The molecular weight excluding hydrogens is 424 g/mol. The van der Waals surface area contributed by atoms with Crippen molar-refractivity contribution in [3.63, 3.8) is 0 Å². The van der Waals surface area contributed by atoms with Crippen molar-refractivity contribution >= 4 is 11.6 Å². The van der Waals surface area contributed by atoms with Crippen LogP contribution in [-0.4, -0.2) is 71.0 Å². The summed E-state index contributed by atoms with van der Waals surface area (Å²) in [6, 6.07) is 7.70. The van der Waals surface area contributed by atoms with Gasteiger partial charge < -0.3 is 34.6 Å². The lowest BCUT2D eigenvalue weighted by atomic mass is 9.90. The van der Waals surface area contributed by atoms with Gasteiger partial charge in [0.15, 0.2) is 0 Å². The Labute approximate surface area is 187 Å². The molecule has 0 amide bonds. The minimum Gasteiger partial charge on any atom is -0.494 e. The molecule has 0 radical (unpaired) electrons. The maximum Gasteiger partial charge on any atom is 0.200 e. The minimum absolute atomic E-state index is 0.0225. The molecule has 0 unspecified atom stereocenters. The lowest BCUT2D eigenvalue weighted by Gasteiger charge is -2.47. The summed E-state index contributed by atoms with van der Waals surface area (Å²) in [5, 5.41) is 40.3. The molecule has 5 atom stereocenters. The largest absolute Gasteiger partial charge is 0.494 e. The molecular formula is C23H31ClO7. The Morgan fingerprint density at radius 1 is 1.23 bits per heavy atom. The number of hydrogen-bond acceptors (Lipinski definition) is 7. The van der Waals surface area contributed by atoms with E-state index in [1.807, 2.05) is 31.2 Å². The van der Waals surface area contributed by atoms with Crippen LogP contribution in [0.15, 0.2) is 59.7 Å². The fourth-order valence-electron chi connectivity index (χ4n) is 3.41. The lowest BCUT2D eigenvalue weighted by molar-refractivity contribution is -0.355. The van der Waals surface area contributed by atoms with Crippen molar-refractivity contribution in [2.45, 2.75) is 50.0 Å². The highest BCUT2D eigenvalue weighted by Crippen LogP contribution is 2.34. The smallest absolute Gasteiger partial charge is 0.200 e. The number of aliphatic hydroxyl groups excluding tert-OH is 4. The Hall–Kier alpha value is -1.71. The number of aliphatic hydroxyl groups is 4. The van der Waals surface area contributed by atoms with E-state index in [-0.39, 0.29) is 6.42 Å². The number of methoxy groups -OCH3 is 1. The maximum absolute atomic E-state index is 10.4. The first kappa shape index (κ1) is 25.5. The molecule has 1 saturated heterocycles. The topological polar surface area (TPSA) is 109 Å². The summed E-state index contributed by atoms with van der Waals surface area (Å²) in [6.45, 7) is 5.82. The van der Waals surface area contributed by atoms with E-state index in [0.29, 0.717) is 18.1 Å². The number of ether oxygens (including phenoxy) is 3. The first-order chi connectivity index (χ1) is 14.8. The van der Waals surface area contributed by atoms with Gasteiger partial charge in [-0.15, -0.1) is 0 Å². The zero-order valence-corrected chi connectivity index (χ0v) is 18.5. The van der Waals surface area contributed by atoms with Gasteiger partial charge in [0.1, 0.15) is 30.2 Å². The molecule has 0 bridgehead atoms. The number of halogens is 1. The predicted octanol–water partition coefficient (Wildman–Crippen LogP) is 2.07. The van der Waals surface area contributed by atoms with Gasteiger partial charge in [0.25, 0.3) is 0 Å². The Kier molecular flexibility index (Phi) is 9.71. The molecule has 7 nitrogen and oxygen atoms in total. The van der Waals surface area contributed by atoms with E-state index >= 15 is 0 Å². The van der Waals surface area contributed by atoms with Crippen molar-refractivity contribution in [3.05, 3.63) is 65.2 Å². The Morgan fingerprint density at radius 3 is 2.45 bits per heavy atom. The summed E-state index contributed by atoms with van der Waals surface area (Å²) in [4.78, 5) is 0. The van der Waals surface area contributed by atoms with Crippen LogP contribution in [0.4, 0.5) is 0 Å². The molecule has 1 aliphatic heterocycles. The van der Waals surface area contributed by atoms with Crippen molar-refractivity contribution in [1.82, 2.24) is 0 Å². The van der Waals surface area contributed by atoms with E-state index in [1.165, 1.54) is 7.11 Å². The Morgan fingerprint density at radius 2 is 1.90 bits per heavy atom. The van der Waals surface area contributed by atoms with Crippen LogP contribution in [0.25, 0.3) is 0 Å². The van der Waals surface area contributed by atoms with E-state index in [1.54, 1.807) is 18.2 Å². The Bertz CT molecular complexity index is 775. The summed E-state index contributed by atoms with van der Waals surface area (Å²) in [5.74, 6) is -0.839. The Balaban J connectivity index is 2.13. The van der Waals surface area contributed by atoms with E-state index in [4.69, 9.17) is 25.8 Å². The van der Waals surface area contributed by atoms with Crippen LogP contribution in [0, 0.1) is 0 Å². The maximum atomic E-state index is 10.4. The molecule has 1 aromatic carbocycles. The van der Waals surface area contributed by atoms with Gasteiger partial charge in [0.05, 0.1) is 13.2 Å². The molecule has 172 valence electrons. The highest BCUT2D eigenvalue weighted by atomic mass is 35.5. The number of rotatable bonds is 10. The quantitative estimate of drug-likeness (QED) is 0.401. The van der Waals surface area contributed by atoms with E-state index < -0.39 is 36.8 Å². The number of hydrogen-bond donors (Lipinski definition) is 4. The highest BCUT2D eigenvalue weighted by molar-refractivity contribution is 6.31. The molecule has 0 aromatic heterocycles. The van der Waals surface area contributed by atoms with Crippen LogP contribution >= 0.6 is 11.6 Å². The lowest BCUT2D eigenvalue weighted by Crippen LogP contribution is -2.65. The van der Waals surface area contributed by atoms with Crippen molar-refractivity contribution in [3.8, 4) is 5.75 Å². The van der Waals surface area contributed by atoms with Gasteiger partial charge in [0, 0.05) is 18.6 Å². The second-order valence-electron chi connectivity index (χ2n) is 7.22. The third-order valence-corrected chi connectivity index (χ3v) is 5.60. The molecule has 0 aliphatic carbocycles. The zero-order valence-electron chi connectivity index (χ0n) is 17.8. The van der Waals surface area contributed by atoms with E-state index in [9.17, 15) is 20.4 Å². The standard InChI is InChI=1S/C23H31ClO7/c1-4-16(13-15-8-10-17(11-9-15)30-5-2)18(24)7-6-12-23(29-3)22(28)21(27)20(26)19(14-25)31-23/h4,6-11,19-22,25-28H,1,5,12-14H2,2-3H3/b7-6-,18-16-/t19-,20-,21+,22-,23+/m1/s1. The summed E-state index contributed by atoms with van der Waals surface area (Å²) in [5.41, 5.74) is 1.83. The van der Waals surface area contributed by atoms with E-state index in [2.05, 4.69) is 6.58 Å². The first-order valence-electron chi connectivity index (χ1n) is 10.1. The molecule has 1 aromatic rings. The molecule has 1 fully saturated rings. The van der Waals surface area contributed by atoms with Crippen molar-refractivity contribution in [1.29, 1.82) is 0 Å². The molecule has 1 heterocycles. The summed E-state index contributed by atoms with van der Waals surface area (Å²) in [6.07, 6.45) is -0.0641. The molecule has 31 heavy (non-hydrogen) atoms. The van der Waals surface area contributed by atoms with Gasteiger partial charge >= 0.3 is 0 Å². The average molecular weight is 455 g/mol. The first-order valence-corrected chi connectivity index (χ1v) is 10.5. The third kappa shape index (κ3) is 6.17. The van der Waals surface area contributed by atoms with Gasteiger partial charge in [0.2, 0.25) is 5.79 Å². The van der Waals surface area contributed by atoms with Crippen LogP contribution in [0.5, 0.6) is 5.75 Å².